The molecule has 4 aromatic rings. The lowest BCUT2D eigenvalue weighted by Gasteiger charge is -2.38. The molecule has 1 N–H and O–H groups in total. The molecule has 1 saturated heterocycles. The molecule has 10 heteroatoms. The van der Waals surface area contributed by atoms with Crippen LogP contribution >= 0.6 is 0 Å². The van der Waals surface area contributed by atoms with E-state index in [1.165, 1.54) is 34.1 Å². The predicted octanol–water partition coefficient (Wildman–Crippen LogP) is 3.89. The standard InChI is InChI=1S/C26H27FN4O4S/c1-17-24(18-4-6-19(27)7-5-18)25-28-22(16-23(32)31(25)29-17)26(2)12-14-30(15-13-26)36(33,34)21-10-8-20(35-3)9-11-21/h4-11,16,29H,12-15H2,1-3H3. The third-order valence-corrected chi connectivity index (χ3v) is 8.98. The van der Waals surface area contributed by atoms with Gasteiger partial charge in [0.15, 0.2) is 5.65 Å². The van der Waals surface area contributed by atoms with Gasteiger partial charge in [-0.15, -0.1) is 0 Å². The highest BCUT2D eigenvalue weighted by molar-refractivity contribution is 7.89. The second-order valence-electron chi connectivity index (χ2n) is 9.40. The molecular weight excluding hydrogens is 483 g/mol. The monoisotopic (exact) mass is 510 g/mol. The van der Waals surface area contributed by atoms with Gasteiger partial charge >= 0.3 is 0 Å². The molecule has 2 aromatic heterocycles. The van der Waals surface area contributed by atoms with Crippen LogP contribution in [-0.2, 0) is 15.4 Å². The number of rotatable bonds is 5. The SMILES string of the molecule is COc1ccc(S(=O)(=O)N2CCC(C)(c3cc(=O)n4[nH]c(C)c(-c5ccc(F)cc5)c4n3)CC2)cc1. The van der Waals surface area contributed by atoms with Crippen molar-refractivity contribution in [2.24, 2.45) is 0 Å². The molecule has 0 amide bonds. The lowest BCUT2D eigenvalue weighted by atomic mass is 9.78. The Morgan fingerprint density at radius 3 is 2.31 bits per heavy atom. The minimum atomic E-state index is -3.65. The molecule has 0 radical (unpaired) electrons. The van der Waals surface area contributed by atoms with Gasteiger partial charge in [-0.25, -0.2) is 22.3 Å². The molecule has 1 fully saturated rings. The molecule has 3 heterocycles. The summed E-state index contributed by atoms with van der Waals surface area (Å²) >= 11 is 0. The van der Waals surface area contributed by atoms with Crippen LogP contribution in [0.1, 0.15) is 31.2 Å². The molecule has 1 aliphatic heterocycles. The Balaban J connectivity index is 1.46. The first-order valence-electron chi connectivity index (χ1n) is 11.7. The summed E-state index contributed by atoms with van der Waals surface area (Å²) in [6.07, 6.45) is 1.03. The first-order valence-corrected chi connectivity index (χ1v) is 13.1. The average Bonchev–Trinajstić information content (AvgIpc) is 3.21. The zero-order chi connectivity index (χ0) is 25.7. The maximum Gasteiger partial charge on any atom is 0.272 e. The number of nitrogens with zero attached hydrogens (tertiary/aromatic N) is 3. The Morgan fingerprint density at radius 2 is 1.69 bits per heavy atom. The first kappa shape index (κ1) is 24.2. The van der Waals surface area contributed by atoms with Crippen LogP contribution in [-0.4, -0.2) is 47.5 Å². The van der Waals surface area contributed by atoms with E-state index in [9.17, 15) is 17.6 Å². The van der Waals surface area contributed by atoms with Gasteiger partial charge < -0.3 is 4.74 Å². The van der Waals surface area contributed by atoms with Crippen molar-refractivity contribution < 1.29 is 17.5 Å². The molecule has 1 aliphatic rings. The summed E-state index contributed by atoms with van der Waals surface area (Å²) in [6.45, 7) is 4.47. The largest absolute Gasteiger partial charge is 0.497 e. The Kier molecular flexibility index (Phi) is 5.96. The number of ether oxygens (including phenoxy) is 1. The van der Waals surface area contributed by atoms with E-state index in [0.717, 1.165) is 16.8 Å². The second-order valence-corrected chi connectivity index (χ2v) is 11.3. The molecule has 0 saturated carbocycles. The topological polar surface area (TPSA) is 96.8 Å². The molecule has 0 atom stereocenters. The molecule has 2 aromatic carbocycles. The normalized spacial score (nSPS) is 16.3. The number of methoxy groups -OCH3 is 1. The molecule has 0 unspecified atom stereocenters. The number of aryl methyl sites for hydroxylation is 1. The van der Waals surface area contributed by atoms with Crippen LogP contribution in [0.5, 0.6) is 5.75 Å². The molecule has 5 rings (SSSR count). The Hall–Kier alpha value is -3.50. The number of hydrogen-bond acceptors (Lipinski definition) is 5. The minimum absolute atomic E-state index is 0.219. The van der Waals surface area contributed by atoms with Crippen LogP contribution in [0.4, 0.5) is 4.39 Å². The molecule has 0 bridgehead atoms. The van der Waals surface area contributed by atoms with Gasteiger partial charge in [0.05, 0.1) is 17.7 Å². The van der Waals surface area contributed by atoms with E-state index in [1.807, 2.05) is 13.8 Å². The number of aromatic amines is 1. The summed E-state index contributed by atoms with van der Waals surface area (Å²) < 4.78 is 47.8. The highest BCUT2D eigenvalue weighted by atomic mass is 32.2. The molecule has 36 heavy (non-hydrogen) atoms. The molecule has 8 nitrogen and oxygen atoms in total. The zero-order valence-corrected chi connectivity index (χ0v) is 21.1. The number of sulfonamides is 1. The van der Waals surface area contributed by atoms with Crippen LogP contribution in [0.15, 0.2) is 64.3 Å². The quantitative estimate of drug-likeness (QED) is 0.440. The summed E-state index contributed by atoms with van der Waals surface area (Å²) in [4.78, 5) is 18.1. The maximum atomic E-state index is 13.5. The van der Waals surface area contributed by atoms with Crippen LogP contribution in [0.3, 0.4) is 0 Å². The van der Waals surface area contributed by atoms with Crippen molar-refractivity contribution in [2.75, 3.05) is 20.2 Å². The molecule has 188 valence electrons. The summed E-state index contributed by atoms with van der Waals surface area (Å²) in [5.74, 6) is 0.249. The summed E-state index contributed by atoms with van der Waals surface area (Å²) in [5, 5.41) is 3.06. The van der Waals surface area contributed by atoms with Gasteiger partial charge in [0, 0.05) is 35.8 Å². The van der Waals surface area contributed by atoms with E-state index in [2.05, 4.69) is 5.10 Å². The average molecular weight is 511 g/mol. The van der Waals surface area contributed by atoms with Gasteiger partial charge in [-0.05, 0) is 61.7 Å². The fraction of sp³-hybridized carbons (Fsp3) is 0.308. The number of piperidine rings is 1. The van der Waals surface area contributed by atoms with E-state index >= 15 is 0 Å². The number of H-pyrrole nitrogens is 1. The number of fused-ring (bicyclic) bond motifs is 1. The minimum Gasteiger partial charge on any atom is -0.497 e. The van der Waals surface area contributed by atoms with Gasteiger partial charge in [-0.3, -0.25) is 9.89 Å². The molecule has 0 aliphatic carbocycles. The number of benzene rings is 2. The first-order chi connectivity index (χ1) is 17.1. The van der Waals surface area contributed by atoms with Crippen LogP contribution in [0, 0.1) is 12.7 Å². The number of nitrogens with one attached hydrogen (secondary N) is 1. The summed E-state index contributed by atoms with van der Waals surface area (Å²) in [5.41, 5.74) is 2.59. The lowest BCUT2D eigenvalue weighted by Crippen LogP contribution is -2.44. The number of aromatic nitrogens is 3. The van der Waals surface area contributed by atoms with Crippen molar-refractivity contribution in [3.05, 3.63) is 82.2 Å². The van der Waals surface area contributed by atoms with Crippen molar-refractivity contribution in [1.82, 2.24) is 18.9 Å². The summed E-state index contributed by atoms with van der Waals surface area (Å²) in [7, 11) is -2.12. The lowest BCUT2D eigenvalue weighted by molar-refractivity contribution is 0.244. The molecule has 0 spiro atoms. The van der Waals surface area contributed by atoms with Gasteiger partial charge in [0.1, 0.15) is 11.6 Å². The van der Waals surface area contributed by atoms with Crippen molar-refractivity contribution in [3.63, 3.8) is 0 Å². The fourth-order valence-electron chi connectivity index (χ4n) is 4.79. The van der Waals surface area contributed by atoms with E-state index < -0.39 is 15.4 Å². The van der Waals surface area contributed by atoms with E-state index in [0.29, 0.717) is 43.0 Å². The van der Waals surface area contributed by atoms with Gasteiger partial charge in [-0.2, -0.15) is 4.31 Å². The van der Waals surface area contributed by atoms with Crippen LogP contribution in [0.25, 0.3) is 16.8 Å². The molecular formula is C26H27FN4O4S. The predicted molar refractivity (Wildman–Crippen MR) is 134 cm³/mol. The van der Waals surface area contributed by atoms with E-state index in [-0.39, 0.29) is 16.3 Å². The maximum absolute atomic E-state index is 13.5. The second kappa shape index (κ2) is 8.86. The van der Waals surface area contributed by atoms with Gasteiger partial charge in [0.25, 0.3) is 5.56 Å². The summed E-state index contributed by atoms with van der Waals surface area (Å²) in [6, 6.07) is 13.9. The Bertz CT molecular complexity index is 1580. The van der Waals surface area contributed by atoms with Crippen molar-refractivity contribution >= 4 is 15.7 Å². The van der Waals surface area contributed by atoms with Crippen LogP contribution in [0.2, 0.25) is 0 Å². The van der Waals surface area contributed by atoms with Gasteiger partial charge in [-0.1, -0.05) is 19.1 Å². The van der Waals surface area contributed by atoms with E-state index in [1.54, 1.807) is 36.4 Å². The third-order valence-electron chi connectivity index (χ3n) is 7.07. The van der Waals surface area contributed by atoms with Crippen molar-refractivity contribution in [1.29, 1.82) is 0 Å². The van der Waals surface area contributed by atoms with Crippen molar-refractivity contribution in [2.45, 2.75) is 37.0 Å². The van der Waals surface area contributed by atoms with E-state index in [4.69, 9.17) is 9.72 Å². The highest BCUT2D eigenvalue weighted by Gasteiger charge is 2.38. The number of hydrogen-bond donors (Lipinski definition) is 1. The van der Waals surface area contributed by atoms with Crippen LogP contribution < -0.4 is 10.3 Å². The Morgan fingerprint density at radius 1 is 1.06 bits per heavy atom. The Labute approximate surface area is 208 Å². The highest BCUT2D eigenvalue weighted by Crippen LogP contribution is 2.36. The zero-order valence-electron chi connectivity index (χ0n) is 20.3. The fourth-order valence-corrected chi connectivity index (χ4v) is 6.24. The third kappa shape index (κ3) is 4.10. The van der Waals surface area contributed by atoms with Gasteiger partial charge in [0.2, 0.25) is 10.0 Å². The van der Waals surface area contributed by atoms with Crippen molar-refractivity contribution in [3.8, 4) is 16.9 Å². The smallest absolute Gasteiger partial charge is 0.272 e. The number of halogens is 1.